The van der Waals surface area contributed by atoms with E-state index in [9.17, 15) is 13.2 Å². The molecule has 1 heterocycles. The molecule has 0 bridgehead atoms. The van der Waals surface area contributed by atoms with Crippen LogP contribution in [0.15, 0.2) is 77.8 Å². The third-order valence-corrected chi connectivity index (χ3v) is 5.68. The van der Waals surface area contributed by atoms with Crippen molar-refractivity contribution in [1.82, 2.24) is 4.98 Å². The number of benzene rings is 2. The first-order chi connectivity index (χ1) is 14.4. The number of hydrogen-bond donors (Lipinski definition) is 2. The Balaban J connectivity index is 1.66. The summed E-state index contributed by atoms with van der Waals surface area (Å²) in [5.41, 5.74) is 0.449. The first-order valence-corrected chi connectivity index (χ1v) is 11.0. The number of hydrogen-bond acceptors (Lipinski definition) is 5. The molecule has 1 amide bonds. The number of rotatable bonds is 8. The van der Waals surface area contributed by atoms with Gasteiger partial charge >= 0.3 is 0 Å². The van der Waals surface area contributed by atoms with Crippen LogP contribution in [0.5, 0.6) is 5.75 Å². The van der Waals surface area contributed by atoms with Gasteiger partial charge in [-0.15, -0.1) is 0 Å². The van der Waals surface area contributed by atoms with E-state index < -0.39 is 16.1 Å². The Morgan fingerprint density at radius 1 is 1.10 bits per heavy atom. The number of sulfonamides is 1. The van der Waals surface area contributed by atoms with Gasteiger partial charge in [-0.05, 0) is 61.0 Å². The maximum atomic E-state index is 12.5. The van der Waals surface area contributed by atoms with Crippen LogP contribution in [0.4, 0.5) is 11.5 Å². The van der Waals surface area contributed by atoms with Gasteiger partial charge in [0.15, 0.2) is 6.10 Å². The predicted molar refractivity (Wildman–Crippen MR) is 116 cm³/mol. The van der Waals surface area contributed by atoms with E-state index in [0.717, 1.165) is 0 Å². The molecule has 0 saturated carbocycles. The van der Waals surface area contributed by atoms with Crippen molar-refractivity contribution in [2.45, 2.75) is 24.3 Å². The first kappa shape index (κ1) is 21.6. The van der Waals surface area contributed by atoms with Crippen molar-refractivity contribution in [3.63, 3.8) is 0 Å². The zero-order valence-corrected chi connectivity index (χ0v) is 17.7. The van der Waals surface area contributed by atoms with E-state index in [1.165, 1.54) is 30.5 Å². The third-order valence-electron chi connectivity index (χ3n) is 4.07. The summed E-state index contributed by atoms with van der Waals surface area (Å²) in [6, 6.07) is 17.5. The molecule has 30 heavy (non-hydrogen) atoms. The molecule has 2 aromatic carbocycles. The molecule has 0 aliphatic carbocycles. The normalized spacial score (nSPS) is 12.1. The van der Waals surface area contributed by atoms with Crippen LogP contribution in [0.2, 0.25) is 5.02 Å². The largest absolute Gasteiger partial charge is 0.481 e. The first-order valence-electron chi connectivity index (χ1n) is 9.14. The third kappa shape index (κ3) is 5.71. The summed E-state index contributed by atoms with van der Waals surface area (Å²) >= 11 is 5.94. The van der Waals surface area contributed by atoms with Crippen molar-refractivity contribution in [3.8, 4) is 5.75 Å². The van der Waals surface area contributed by atoms with Gasteiger partial charge in [-0.25, -0.2) is 13.4 Å². The number of carbonyl (C=O) groups is 1. The number of ether oxygens (including phenoxy) is 1. The molecular weight excluding hydrogens is 426 g/mol. The predicted octanol–water partition coefficient (Wildman–Crippen LogP) is 4.33. The standard InChI is InChI=1S/C21H20ClN3O4S/c1-2-19(29-17-7-5-6-15(22)14-17)21(26)24-16-9-11-18(12-10-16)30(27,28)25-20-8-3-4-13-23-20/h3-14,19H,2H2,1H3,(H,23,25)(H,24,26). The molecule has 0 spiro atoms. The zero-order chi connectivity index (χ0) is 21.6. The number of amides is 1. The minimum Gasteiger partial charge on any atom is -0.481 e. The van der Waals surface area contributed by atoms with E-state index in [2.05, 4.69) is 15.0 Å². The van der Waals surface area contributed by atoms with Gasteiger partial charge in [0.2, 0.25) is 0 Å². The van der Waals surface area contributed by atoms with Crippen molar-refractivity contribution in [2.24, 2.45) is 0 Å². The summed E-state index contributed by atoms with van der Waals surface area (Å²) in [6.45, 7) is 1.83. The molecule has 2 N–H and O–H groups in total. The molecule has 0 aliphatic rings. The highest BCUT2D eigenvalue weighted by molar-refractivity contribution is 7.92. The number of halogens is 1. The van der Waals surface area contributed by atoms with E-state index in [1.54, 1.807) is 42.5 Å². The monoisotopic (exact) mass is 445 g/mol. The Hall–Kier alpha value is -3.10. The van der Waals surface area contributed by atoms with Crippen molar-refractivity contribution < 1.29 is 17.9 Å². The van der Waals surface area contributed by atoms with Gasteiger partial charge in [-0.1, -0.05) is 30.7 Å². The van der Waals surface area contributed by atoms with Gasteiger partial charge in [-0.2, -0.15) is 0 Å². The molecule has 3 aromatic rings. The number of anilines is 2. The Morgan fingerprint density at radius 2 is 1.87 bits per heavy atom. The number of pyridine rings is 1. The number of nitrogens with one attached hydrogen (secondary N) is 2. The van der Waals surface area contributed by atoms with Gasteiger partial charge in [0.05, 0.1) is 4.90 Å². The highest BCUT2D eigenvalue weighted by Crippen LogP contribution is 2.21. The quantitative estimate of drug-likeness (QED) is 0.537. The topological polar surface area (TPSA) is 97.4 Å². The van der Waals surface area contributed by atoms with Crippen molar-refractivity contribution in [3.05, 3.63) is 77.9 Å². The van der Waals surface area contributed by atoms with Gasteiger partial charge in [0, 0.05) is 16.9 Å². The SMILES string of the molecule is CCC(Oc1cccc(Cl)c1)C(=O)Nc1ccc(S(=O)(=O)Nc2ccccn2)cc1. The molecule has 9 heteroatoms. The van der Waals surface area contributed by atoms with Gasteiger partial charge in [0.25, 0.3) is 15.9 Å². The summed E-state index contributed by atoms with van der Waals surface area (Å²) in [7, 11) is -3.79. The van der Waals surface area contributed by atoms with Crippen LogP contribution in [-0.4, -0.2) is 25.4 Å². The lowest BCUT2D eigenvalue weighted by Crippen LogP contribution is -2.32. The molecule has 156 valence electrons. The lowest BCUT2D eigenvalue weighted by molar-refractivity contribution is -0.122. The van der Waals surface area contributed by atoms with E-state index >= 15 is 0 Å². The van der Waals surface area contributed by atoms with Crippen LogP contribution in [0, 0.1) is 0 Å². The minimum atomic E-state index is -3.79. The van der Waals surface area contributed by atoms with Gasteiger partial charge < -0.3 is 10.1 Å². The maximum absolute atomic E-state index is 12.5. The van der Waals surface area contributed by atoms with Gasteiger partial charge in [-0.3, -0.25) is 9.52 Å². The van der Waals surface area contributed by atoms with Crippen molar-refractivity contribution in [2.75, 3.05) is 10.0 Å². The van der Waals surface area contributed by atoms with E-state index in [4.69, 9.17) is 16.3 Å². The van der Waals surface area contributed by atoms with Crippen LogP contribution in [-0.2, 0) is 14.8 Å². The zero-order valence-electron chi connectivity index (χ0n) is 16.1. The average Bonchev–Trinajstić information content (AvgIpc) is 2.73. The second-order valence-electron chi connectivity index (χ2n) is 6.31. The number of carbonyl (C=O) groups excluding carboxylic acids is 1. The second kappa shape index (κ2) is 9.60. The highest BCUT2D eigenvalue weighted by atomic mass is 35.5. The smallest absolute Gasteiger partial charge is 0.265 e. The molecule has 1 unspecified atom stereocenters. The summed E-state index contributed by atoms with van der Waals surface area (Å²) in [5.74, 6) is 0.366. The Kier molecular flexibility index (Phi) is 6.91. The lowest BCUT2D eigenvalue weighted by atomic mass is 10.2. The van der Waals surface area contributed by atoms with Crippen LogP contribution in [0.3, 0.4) is 0 Å². The molecule has 7 nitrogen and oxygen atoms in total. The van der Waals surface area contributed by atoms with Crippen molar-refractivity contribution in [1.29, 1.82) is 0 Å². The minimum absolute atomic E-state index is 0.0494. The molecular formula is C21H20ClN3O4S. The maximum Gasteiger partial charge on any atom is 0.265 e. The summed E-state index contributed by atoms with van der Waals surface area (Å²) in [4.78, 5) is 16.5. The van der Waals surface area contributed by atoms with E-state index in [1.807, 2.05) is 6.92 Å². The molecule has 0 radical (unpaired) electrons. The number of aromatic nitrogens is 1. The second-order valence-corrected chi connectivity index (χ2v) is 8.43. The molecule has 0 saturated heterocycles. The molecule has 0 aliphatic heterocycles. The van der Waals surface area contributed by atoms with Crippen LogP contribution in [0.25, 0.3) is 0 Å². The fourth-order valence-corrected chi connectivity index (χ4v) is 3.78. The number of nitrogens with zero attached hydrogens (tertiary/aromatic N) is 1. The summed E-state index contributed by atoms with van der Waals surface area (Å²) < 4.78 is 33.0. The van der Waals surface area contributed by atoms with Crippen LogP contribution >= 0.6 is 11.6 Å². The Labute approximate surface area is 180 Å². The Morgan fingerprint density at radius 3 is 2.50 bits per heavy atom. The van der Waals surface area contributed by atoms with Crippen molar-refractivity contribution >= 4 is 39.0 Å². The average molecular weight is 446 g/mol. The lowest BCUT2D eigenvalue weighted by Gasteiger charge is -2.17. The summed E-state index contributed by atoms with van der Waals surface area (Å²) in [6.07, 6.45) is 1.21. The van der Waals surface area contributed by atoms with Crippen LogP contribution in [0.1, 0.15) is 13.3 Å². The Bertz CT molecular complexity index is 1110. The molecule has 1 aromatic heterocycles. The van der Waals surface area contributed by atoms with Gasteiger partial charge in [0.1, 0.15) is 11.6 Å². The molecule has 3 rings (SSSR count). The fourth-order valence-electron chi connectivity index (χ4n) is 2.59. The molecule has 0 fully saturated rings. The summed E-state index contributed by atoms with van der Waals surface area (Å²) in [5, 5.41) is 3.24. The van der Waals surface area contributed by atoms with E-state index in [-0.39, 0.29) is 16.6 Å². The molecule has 1 atom stereocenters. The van der Waals surface area contributed by atoms with Crippen LogP contribution < -0.4 is 14.8 Å². The fraction of sp³-hybridized carbons (Fsp3) is 0.143. The van der Waals surface area contributed by atoms with E-state index in [0.29, 0.717) is 22.9 Å². The highest BCUT2D eigenvalue weighted by Gasteiger charge is 2.20.